The van der Waals surface area contributed by atoms with E-state index in [4.69, 9.17) is 0 Å². The monoisotopic (exact) mass is 282 g/mol. The van der Waals surface area contributed by atoms with Crippen LogP contribution in [0.15, 0.2) is 17.0 Å². The fraction of sp³-hybridized carbons (Fsp3) is 0.571. The summed E-state index contributed by atoms with van der Waals surface area (Å²) in [5.74, 6) is 0.506. The Hall–Kier alpha value is -1.07. The van der Waals surface area contributed by atoms with Crippen molar-refractivity contribution in [2.75, 3.05) is 12.4 Å². The van der Waals surface area contributed by atoms with Crippen LogP contribution in [0.25, 0.3) is 0 Å². The van der Waals surface area contributed by atoms with Crippen molar-refractivity contribution in [1.29, 1.82) is 0 Å². The molecule has 1 aromatic rings. The molecule has 0 radical (unpaired) electrons. The summed E-state index contributed by atoms with van der Waals surface area (Å²) in [5.41, 5.74) is 2.49. The number of rotatable bonds is 5. The molecule has 1 aliphatic carbocycles. The number of aryl methyl sites for hydroxylation is 2. The van der Waals surface area contributed by atoms with E-state index in [9.17, 15) is 8.42 Å². The van der Waals surface area contributed by atoms with Gasteiger partial charge in [0.25, 0.3) is 0 Å². The third-order valence-electron chi connectivity index (χ3n) is 3.69. The molecule has 0 aromatic heterocycles. The molecule has 5 heteroatoms. The van der Waals surface area contributed by atoms with Crippen molar-refractivity contribution < 1.29 is 8.42 Å². The van der Waals surface area contributed by atoms with Gasteiger partial charge in [-0.2, -0.15) is 0 Å². The van der Waals surface area contributed by atoms with Gasteiger partial charge in [0.2, 0.25) is 10.0 Å². The molecule has 0 spiro atoms. The van der Waals surface area contributed by atoms with Crippen LogP contribution in [0.1, 0.15) is 30.9 Å². The standard InChI is InChI=1S/C14H22N2O2S/c1-9-7-13(15-4)8-10(2)14(9)19(17,18)16-11(3)12-5-6-12/h7-8,11-12,15-16H,5-6H2,1-4H3. The summed E-state index contributed by atoms with van der Waals surface area (Å²) in [6.07, 6.45) is 2.25. The molecule has 106 valence electrons. The Morgan fingerprint density at radius 2 is 1.74 bits per heavy atom. The highest BCUT2D eigenvalue weighted by Crippen LogP contribution is 2.33. The van der Waals surface area contributed by atoms with Gasteiger partial charge in [0.05, 0.1) is 4.90 Å². The summed E-state index contributed by atoms with van der Waals surface area (Å²) >= 11 is 0. The normalized spacial score (nSPS) is 17.3. The fourth-order valence-corrected chi connectivity index (χ4v) is 4.28. The predicted octanol–water partition coefficient (Wildman–Crippen LogP) is 2.42. The number of hydrogen-bond donors (Lipinski definition) is 2. The van der Waals surface area contributed by atoms with Crippen LogP contribution in [0.4, 0.5) is 5.69 Å². The van der Waals surface area contributed by atoms with Gasteiger partial charge in [-0.05, 0) is 62.8 Å². The Kier molecular flexibility index (Phi) is 3.87. The molecule has 0 heterocycles. The van der Waals surface area contributed by atoms with Crippen LogP contribution in [0, 0.1) is 19.8 Å². The quantitative estimate of drug-likeness (QED) is 0.872. The van der Waals surface area contributed by atoms with Crippen molar-refractivity contribution in [2.45, 2.75) is 44.6 Å². The molecule has 1 aliphatic rings. The van der Waals surface area contributed by atoms with E-state index in [2.05, 4.69) is 10.0 Å². The number of sulfonamides is 1. The van der Waals surface area contributed by atoms with E-state index in [0.717, 1.165) is 29.7 Å². The van der Waals surface area contributed by atoms with Crippen LogP contribution in [-0.4, -0.2) is 21.5 Å². The zero-order valence-corrected chi connectivity index (χ0v) is 12.8. The Balaban J connectivity index is 2.34. The Morgan fingerprint density at radius 1 is 1.21 bits per heavy atom. The third kappa shape index (κ3) is 3.09. The van der Waals surface area contributed by atoms with Crippen molar-refractivity contribution in [3.63, 3.8) is 0 Å². The molecule has 2 N–H and O–H groups in total. The summed E-state index contributed by atoms with van der Waals surface area (Å²) in [6.45, 7) is 5.62. The predicted molar refractivity (Wildman–Crippen MR) is 78.0 cm³/mol. The highest BCUT2D eigenvalue weighted by molar-refractivity contribution is 7.89. The first-order valence-electron chi connectivity index (χ1n) is 6.66. The molecule has 1 aromatic carbocycles. The van der Waals surface area contributed by atoms with Gasteiger partial charge < -0.3 is 5.32 Å². The van der Waals surface area contributed by atoms with E-state index < -0.39 is 10.0 Å². The molecular formula is C14H22N2O2S. The Morgan fingerprint density at radius 3 is 2.16 bits per heavy atom. The first kappa shape index (κ1) is 14.3. The Labute approximate surface area is 115 Å². The fourth-order valence-electron chi connectivity index (χ4n) is 2.51. The minimum absolute atomic E-state index is 0.0211. The lowest BCUT2D eigenvalue weighted by Crippen LogP contribution is -2.34. The molecule has 0 aliphatic heterocycles. The molecule has 1 fully saturated rings. The lowest BCUT2D eigenvalue weighted by Gasteiger charge is -2.17. The lowest BCUT2D eigenvalue weighted by atomic mass is 10.1. The molecule has 1 saturated carbocycles. The molecule has 0 amide bonds. The number of hydrogen-bond acceptors (Lipinski definition) is 3. The smallest absolute Gasteiger partial charge is 0.241 e. The molecule has 4 nitrogen and oxygen atoms in total. The summed E-state index contributed by atoms with van der Waals surface area (Å²) < 4.78 is 27.8. The number of benzene rings is 1. The molecule has 2 rings (SSSR count). The summed E-state index contributed by atoms with van der Waals surface area (Å²) in [5, 5.41) is 3.04. The molecule has 0 saturated heterocycles. The van der Waals surface area contributed by atoms with Crippen LogP contribution in [0.3, 0.4) is 0 Å². The Bertz CT molecular complexity index is 554. The van der Waals surface area contributed by atoms with Crippen LogP contribution >= 0.6 is 0 Å². The molecule has 1 atom stereocenters. The van der Waals surface area contributed by atoms with Crippen LogP contribution in [0.2, 0.25) is 0 Å². The van der Waals surface area contributed by atoms with Gasteiger partial charge >= 0.3 is 0 Å². The zero-order valence-electron chi connectivity index (χ0n) is 11.9. The summed E-state index contributed by atoms with van der Waals surface area (Å²) in [7, 11) is -1.60. The molecule has 0 bridgehead atoms. The highest BCUT2D eigenvalue weighted by Gasteiger charge is 2.32. The maximum atomic E-state index is 12.5. The lowest BCUT2D eigenvalue weighted by molar-refractivity contribution is 0.537. The maximum absolute atomic E-state index is 12.5. The average molecular weight is 282 g/mol. The second kappa shape index (κ2) is 5.13. The van der Waals surface area contributed by atoms with Gasteiger partial charge in [0, 0.05) is 18.8 Å². The van der Waals surface area contributed by atoms with E-state index in [-0.39, 0.29) is 6.04 Å². The second-order valence-electron chi connectivity index (χ2n) is 5.44. The summed E-state index contributed by atoms with van der Waals surface area (Å²) in [6, 6.07) is 3.75. The average Bonchev–Trinajstić information content (AvgIpc) is 3.10. The van der Waals surface area contributed by atoms with Crippen molar-refractivity contribution in [2.24, 2.45) is 5.92 Å². The molecule has 19 heavy (non-hydrogen) atoms. The second-order valence-corrected chi connectivity index (χ2v) is 7.09. The zero-order chi connectivity index (χ0) is 14.2. The van der Waals surface area contributed by atoms with Gasteiger partial charge in [-0.3, -0.25) is 0 Å². The number of nitrogens with one attached hydrogen (secondary N) is 2. The van der Waals surface area contributed by atoms with Crippen molar-refractivity contribution >= 4 is 15.7 Å². The van der Waals surface area contributed by atoms with Crippen LogP contribution in [0.5, 0.6) is 0 Å². The van der Waals surface area contributed by atoms with Crippen LogP contribution < -0.4 is 10.0 Å². The number of anilines is 1. The first-order chi connectivity index (χ1) is 8.85. The SMILES string of the molecule is CNc1cc(C)c(S(=O)(=O)NC(C)C2CC2)c(C)c1. The van der Waals surface area contributed by atoms with Crippen molar-refractivity contribution in [3.8, 4) is 0 Å². The van der Waals surface area contributed by atoms with Gasteiger partial charge in [0.1, 0.15) is 0 Å². The molecule has 1 unspecified atom stereocenters. The topological polar surface area (TPSA) is 58.2 Å². The van der Waals surface area contributed by atoms with Gasteiger partial charge in [-0.1, -0.05) is 0 Å². The first-order valence-corrected chi connectivity index (χ1v) is 8.15. The minimum atomic E-state index is -3.43. The highest BCUT2D eigenvalue weighted by atomic mass is 32.2. The van der Waals surface area contributed by atoms with Crippen LogP contribution in [-0.2, 0) is 10.0 Å². The summed E-state index contributed by atoms with van der Waals surface area (Å²) in [4.78, 5) is 0.416. The maximum Gasteiger partial charge on any atom is 0.241 e. The third-order valence-corrected chi connectivity index (χ3v) is 5.55. The van der Waals surface area contributed by atoms with Crippen molar-refractivity contribution in [1.82, 2.24) is 4.72 Å². The van der Waals surface area contributed by atoms with E-state index >= 15 is 0 Å². The minimum Gasteiger partial charge on any atom is -0.388 e. The van der Waals surface area contributed by atoms with E-state index in [1.165, 1.54) is 0 Å². The molecular weight excluding hydrogens is 260 g/mol. The van der Waals surface area contributed by atoms with Crippen molar-refractivity contribution in [3.05, 3.63) is 23.3 Å². The van der Waals surface area contributed by atoms with E-state index in [0.29, 0.717) is 10.8 Å². The van der Waals surface area contributed by atoms with E-state index in [1.54, 1.807) is 0 Å². The van der Waals surface area contributed by atoms with Gasteiger partial charge in [-0.25, -0.2) is 13.1 Å². The largest absolute Gasteiger partial charge is 0.388 e. The van der Waals surface area contributed by atoms with Gasteiger partial charge in [0.15, 0.2) is 0 Å². The van der Waals surface area contributed by atoms with E-state index in [1.807, 2.05) is 40.0 Å². The van der Waals surface area contributed by atoms with Gasteiger partial charge in [-0.15, -0.1) is 0 Å².